The van der Waals surface area contributed by atoms with Crippen LogP contribution in [0.2, 0.25) is 0 Å². The number of nitrogens with zero attached hydrogens (tertiary/aromatic N) is 2. The number of carbonyl (C=O) groups excluding carboxylic acids is 2. The first-order valence-electron chi connectivity index (χ1n) is 9.17. The Kier molecular flexibility index (Phi) is 5.93. The molecule has 1 N–H and O–H groups in total. The third kappa shape index (κ3) is 3.98. The van der Waals surface area contributed by atoms with Crippen LogP contribution in [0.25, 0.3) is 11.0 Å². The van der Waals surface area contributed by atoms with Crippen molar-refractivity contribution < 1.29 is 14.3 Å². The number of hydrogen-bond donors (Lipinski definition) is 1. The van der Waals surface area contributed by atoms with Crippen LogP contribution in [-0.2, 0) is 29.2 Å². The zero-order valence-electron chi connectivity index (χ0n) is 16.0. The summed E-state index contributed by atoms with van der Waals surface area (Å²) in [5.74, 6) is -0.537. The average molecular weight is 381 g/mol. The predicted octanol–water partition coefficient (Wildman–Crippen LogP) is 2.32. The van der Waals surface area contributed by atoms with E-state index < -0.39 is 5.97 Å². The molecule has 7 nitrogen and oxygen atoms in total. The largest absolute Gasteiger partial charge is 0.465 e. The maximum atomic E-state index is 12.6. The molecule has 0 saturated heterocycles. The molecular formula is C21H23N3O4. The summed E-state index contributed by atoms with van der Waals surface area (Å²) in [6.07, 6.45) is 0.206. The number of amides is 1. The van der Waals surface area contributed by atoms with Gasteiger partial charge in [-0.1, -0.05) is 24.3 Å². The smallest absolute Gasteiger partial charge is 0.337 e. The highest BCUT2D eigenvalue weighted by Gasteiger charge is 2.12. The normalized spacial score (nSPS) is 10.8. The van der Waals surface area contributed by atoms with Crippen molar-refractivity contribution in [1.82, 2.24) is 14.5 Å². The van der Waals surface area contributed by atoms with Crippen molar-refractivity contribution in [2.75, 3.05) is 7.11 Å². The molecule has 0 atom stereocenters. The summed E-state index contributed by atoms with van der Waals surface area (Å²) in [5.41, 5.74) is 2.95. The lowest BCUT2D eigenvalue weighted by atomic mass is 10.1. The van der Waals surface area contributed by atoms with E-state index in [1.54, 1.807) is 33.4 Å². The first kappa shape index (κ1) is 19.4. The number of ether oxygens (including phenoxy) is 1. The second kappa shape index (κ2) is 8.56. The fourth-order valence-corrected chi connectivity index (χ4v) is 3.17. The zero-order valence-corrected chi connectivity index (χ0v) is 16.0. The third-order valence-electron chi connectivity index (χ3n) is 4.67. The van der Waals surface area contributed by atoms with Crippen LogP contribution in [0.4, 0.5) is 0 Å². The van der Waals surface area contributed by atoms with Crippen LogP contribution in [-0.4, -0.2) is 28.1 Å². The number of benzene rings is 2. The topological polar surface area (TPSA) is 82.3 Å². The van der Waals surface area contributed by atoms with E-state index in [9.17, 15) is 14.4 Å². The van der Waals surface area contributed by atoms with Crippen molar-refractivity contribution in [3.05, 3.63) is 70.1 Å². The molecule has 146 valence electrons. The molecule has 28 heavy (non-hydrogen) atoms. The van der Waals surface area contributed by atoms with Crippen LogP contribution in [0, 0.1) is 0 Å². The molecule has 0 spiro atoms. The van der Waals surface area contributed by atoms with Crippen LogP contribution in [0.5, 0.6) is 0 Å². The average Bonchev–Trinajstić information content (AvgIpc) is 3.01. The lowest BCUT2D eigenvalue weighted by Crippen LogP contribution is -2.28. The number of carbonyl (C=O) groups is 2. The van der Waals surface area contributed by atoms with E-state index in [4.69, 9.17) is 0 Å². The number of aromatic nitrogens is 2. The summed E-state index contributed by atoms with van der Waals surface area (Å²) < 4.78 is 8.01. The highest BCUT2D eigenvalue weighted by atomic mass is 16.5. The summed E-state index contributed by atoms with van der Waals surface area (Å²) in [6, 6.07) is 14.4. The number of rotatable bonds is 7. The molecule has 1 amide bonds. The molecule has 3 aromatic rings. The van der Waals surface area contributed by atoms with E-state index in [0.29, 0.717) is 25.2 Å². The first-order valence-corrected chi connectivity index (χ1v) is 9.17. The molecule has 0 aliphatic heterocycles. The lowest BCUT2D eigenvalue weighted by Gasteiger charge is -2.07. The summed E-state index contributed by atoms with van der Waals surface area (Å²) in [7, 11) is 1.33. The summed E-state index contributed by atoms with van der Waals surface area (Å²) in [5, 5.41) is 2.84. The minimum absolute atomic E-state index is 0.102. The molecule has 7 heteroatoms. The van der Waals surface area contributed by atoms with Crippen LogP contribution < -0.4 is 11.0 Å². The SMILES string of the molecule is CCn1c(=O)n(CCC(=O)NCc2ccc(C(=O)OC)cc2)c2ccccc21. The molecule has 1 heterocycles. The van der Waals surface area contributed by atoms with Crippen LogP contribution in [0.1, 0.15) is 29.3 Å². The molecule has 2 aromatic carbocycles. The molecule has 0 aliphatic carbocycles. The Bertz CT molecular complexity index is 1050. The fourth-order valence-electron chi connectivity index (χ4n) is 3.17. The number of nitrogens with one attached hydrogen (secondary N) is 1. The standard InChI is InChI=1S/C21H23N3O4/c1-3-23-17-6-4-5-7-18(17)24(21(23)27)13-12-19(25)22-14-15-8-10-16(11-9-15)20(26)28-2/h4-11H,3,12-14H2,1-2H3,(H,22,25). The Morgan fingerprint density at radius 1 is 1.00 bits per heavy atom. The molecule has 0 saturated carbocycles. The minimum Gasteiger partial charge on any atom is -0.465 e. The Balaban J connectivity index is 1.61. The van der Waals surface area contributed by atoms with E-state index in [0.717, 1.165) is 16.6 Å². The van der Waals surface area contributed by atoms with Gasteiger partial charge in [0, 0.05) is 26.1 Å². The zero-order chi connectivity index (χ0) is 20.1. The number of esters is 1. The Labute approximate surface area is 162 Å². The molecule has 0 radical (unpaired) electrons. The van der Waals surface area contributed by atoms with Gasteiger partial charge in [-0.2, -0.15) is 0 Å². The van der Waals surface area contributed by atoms with Crippen molar-refractivity contribution in [3.63, 3.8) is 0 Å². The maximum Gasteiger partial charge on any atom is 0.337 e. The minimum atomic E-state index is -0.396. The molecule has 0 fully saturated rings. The number of fused-ring (bicyclic) bond motifs is 1. The summed E-state index contributed by atoms with van der Waals surface area (Å²) >= 11 is 0. The second-order valence-electron chi connectivity index (χ2n) is 6.38. The van der Waals surface area contributed by atoms with E-state index in [1.807, 2.05) is 31.2 Å². The van der Waals surface area contributed by atoms with Gasteiger partial charge in [0.15, 0.2) is 0 Å². The van der Waals surface area contributed by atoms with E-state index >= 15 is 0 Å². The Morgan fingerprint density at radius 3 is 2.25 bits per heavy atom. The van der Waals surface area contributed by atoms with E-state index in [1.165, 1.54) is 7.11 Å². The Hall–Kier alpha value is -3.35. The van der Waals surface area contributed by atoms with Crippen molar-refractivity contribution in [2.24, 2.45) is 0 Å². The van der Waals surface area contributed by atoms with E-state index in [-0.39, 0.29) is 18.0 Å². The van der Waals surface area contributed by atoms with Gasteiger partial charge >= 0.3 is 11.7 Å². The molecule has 1 aromatic heterocycles. The van der Waals surface area contributed by atoms with Crippen molar-refractivity contribution >= 4 is 22.9 Å². The number of methoxy groups -OCH3 is 1. The molecule has 3 rings (SSSR count). The van der Waals surface area contributed by atoms with Gasteiger partial charge < -0.3 is 10.1 Å². The van der Waals surface area contributed by atoms with Crippen LogP contribution in [0.3, 0.4) is 0 Å². The van der Waals surface area contributed by atoms with Gasteiger partial charge in [-0.25, -0.2) is 9.59 Å². The number of imidazole rings is 1. The third-order valence-corrected chi connectivity index (χ3v) is 4.67. The van der Waals surface area contributed by atoms with Crippen molar-refractivity contribution in [2.45, 2.75) is 33.0 Å². The van der Waals surface area contributed by atoms with E-state index in [2.05, 4.69) is 10.1 Å². The van der Waals surface area contributed by atoms with Gasteiger partial charge in [-0.3, -0.25) is 13.9 Å². The van der Waals surface area contributed by atoms with Gasteiger partial charge in [-0.15, -0.1) is 0 Å². The summed E-state index contributed by atoms with van der Waals surface area (Å²) in [4.78, 5) is 36.2. The van der Waals surface area contributed by atoms with Crippen molar-refractivity contribution in [1.29, 1.82) is 0 Å². The highest BCUT2D eigenvalue weighted by molar-refractivity contribution is 5.89. The van der Waals surface area contributed by atoms with Gasteiger partial charge in [0.05, 0.1) is 23.7 Å². The van der Waals surface area contributed by atoms with Crippen LogP contribution in [0.15, 0.2) is 53.3 Å². The Morgan fingerprint density at radius 2 is 1.64 bits per heavy atom. The molecular weight excluding hydrogens is 358 g/mol. The number of hydrogen-bond acceptors (Lipinski definition) is 4. The van der Waals surface area contributed by atoms with Gasteiger partial charge in [0.25, 0.3) is 0 Å². The van der Waals surface area contributed by atoms with Gasteiger partial charge in [-0.05, 0) is 36.8 Å². The predicted molar refractivity (Wildman–Crippen MR) is 106 cm³/mol. The number of aryl methyl sites for hydroxylation is 2. The monoisotopic (exact) mass is 381 g/mol. The van der Waals surface area contributed by atoms with Gasteiger partial charge in [0.1, 0.15) is 0 Å². The molecule has 0 unspecified atom stereocenters. The number of para-hydroxylation sites is 2. The van der Waals surface area contributed by atoms with Crippen LogP contribution >= 0.6 is 0 Å². The van der Waals surface area contributed by atoms with Crippen molar-refractivity contribution in [3.8, 4) is 0 Å². The summed E-state index contributed by atoms with van der Waals surface area (Å²) in [6.45, 7) is 3.18. The van der Waals surface area contributed by atoms with Gasteiger partial charge in [0.2, 0.25) is 5.91 Å². The fraction of sp³-hybridized carbons (Fsp3) is 0.286. The quantitative estimate of drug-likeness (QED) is 0.637. The highest BCUT2D eigenvalue weighted by Crippen LogP contribution is 2.13. The molecule has 0 bridgehead atoms. The lowest BCUT2D eigenvalue weighted by molar-refractivity contribution is -0.121. The maximum absolute atomic E-state index is 12.6. The second-order valence-corrected chi connectivity index (χ2v) is 6.38. The molecule has 0 aliphatic rings. The first-order chi connectivity index (χ1) is 13.5.